The van der Waals surface area contributed by atoms with Crippen molar-refractivity contribution in [1.82, 2.24) is 0 Å². The summed E-state index contributed by atoms with van der Waals surface area (Å²) in [4.78, 5) is 11.6. The van der Waals surface area contributed by atoms with Crippen LogP contribution >= 0.6 is 11.6 Å². The van der Waals surface area contributed by atoms with Gasteiger partial charge in [-0.2, -0.15) is 0 Å². The zero-order chi connectivity index (χ0) is 11.0. The molecule has 2 nitrogen and oxygen atoms in total. The summed E-state index contributed by atoms with van der Waals surface area (Å²) in [5.41, 5.74) is 3.14. The molecule has 1 N–H and O–H groups in total. The summed E-state index contributed by atoms with van der Waals surface area (Å²) in [6.07, 6.45) is 1.77. The highest BCUT2D eigenvalue weighted by Crippen LogP contribution is 2.34. The zero-order valence-electron chi connectivity index (χ0n) is 8.30. The van der Waals surface area contributed by atoms with E-state index in [1.54, 1.807) is 18.2 Å². The van der Waals surface area contributed by atoms with E-state index in [0.717, 1.165) is 16.8 Å². The molecule has 0 unspecified atom stereocenters. The van der Waals surface area contributed by atoms with Crippen molar-refractivity contribution in [2.45, 2.75) is 6.92 Å². The van der Waals surface area contributed by atoms with Crippen molar-refractivity contribution in [3.8, 4) is 0 Å². The SMILES string of the molecule is C=C(C)/C=C1\C(=O)Nc2cc(Cl)ccc21. The second-order valence-corrected chi connectivity index (χ2v) is 3.98. The number of allylic oxidation sites excluding steroid dienone is 2. The van der Waals surface area contributed by atoms with E-state index >= 15 is 0 Å². The first-order valence-electron chi connectivity index (χ1n) is 4.56. The third-order valence-electron chi connectivity index (χ3n) is 2.16. The van der Waals surface area contributed by atoms with Crippen molar-refractivity contribution in [2.75, 3.05) is 5.32 Å². The molecule has 3 heteroatoms. The van der Waals surface area contributed by atoms with E-state index < -0.39 is 0 Å². The fourth-order valence-electron chi connectivity index (χ4n) is 1.56. The third kappa shape index (κ3) is 1.81. The van der Waals surface area contributed by atoms with Gasteiger partial charge in [0, 0.05) is 16.2 Å². The lowest BCUT2D eigenvalue weighted by Gasteiger charge is -1.98. The first kappa shape index (κ1) is 9.99. The van der Waals surface area contributed by atoms with Gasteiger partial charge in [0.2, 0.25) is 0 Å². The van der Waals surface area contributed by atoms with Crippen LogP contribution in [0.15, 0.2) is 36.4 Å². The molecule has 0 fully saturated rings. The highest BCUT2D eigenvalue weighted by Gasteiger charge is 2.23. The number of rotatable bonds is 1. The van der Waals surface area contributed by atoms with E-state index in [9.17, 15) is 4.79 Å². The van der Waals surface area contributed by atoms with E-state index in [-0.39, 0.29) is 5.91 Å². The molecule has 1 aliphatic heterocycles. The molecule has 0 spiro atoms. The topological polar surface area (TPSA) is 29.1 Å². The van der Waals surface area contributed by atoms with Crippen molar-refractivity contribution in [3.63, 3.8) is 0 Å². The number of amides is 1. The molecular formula is C12H10ClNO. The summed E-state index contributed by atoms with van der Waals surface area (Å²) in [5, 5.41) is 3.38. The van der Waals surface area contributed by atoms with Gasteiger partial charge in [-0.25, -0.2) is 0 Å². The average molecular weight is 220 g/mol. The van der Waals surface area contributed by atoms with Gasteiger partial charge >= 0.3 is 0 Å². The molecule has 0 atom stereocenters. The molecule has 1 aromatic carbocycles. The molecule has 1 amide bonds. The molecule has 0 aliphatic carbocycles. The van der Waals surface area contributed by atoms with Gasteiger partial charge in [0.25, 0.3) is 5.91 Å². The smallest absolute Gasteiger partial charge is 0.256 e. The highest BCUT2D eigenvalue weighted by molar-refractivity contribution is 6.34. The minimum absolute atomic E-state index is 0.102. The lowest BCUT2D eigenvalue weighted by Crippen LogP contribution is -2.03. The minimum Gasteiger partial charge on any atom is -0.321 e. The van der Waals surface area contributed by atoms with E-state index in [0.29, 0.717) is 10.6 Å². The molecule has 0 saturated carbocycles. The number of anilines is 1. The Morgan fingerprint density at radius 3 is 2.93 bits per heavy atom. The first-order valence-corrected chi connectivity index (χ1v) is 4.94. The summed E-state index contributed by atoms with van der Waals surface area (Å²) >= 11 is 5.84. The Morgan fingerprint density at radius 2 is 2.27 bits per heavy atom. The van der Waals surface area contributed by atoms with Gasteiger partial charge in [-0.3, -0.25) is 4.79 Å². The average Bonchev–Trinajstić information content (AvgIpc) is 2.41. The lowest BCUT2D eigenvalue weighted by atomic mass is 10.1. The second kappa shape index (κ2) is 3.55. The highest BCUT2D eigenvalue weighted by atomic mass is 35.5. The number of halogens is 1. The predicted octanol–water partition coefficient (Wildman–Crippen LogP) is 3.25. The van der Waals surface area contributed by atoms with Crippen molar-refractivity contribution in [2.24, 2.45) is 0 Å². The Balaban J connectivity index is 2.56. The van der Waals surface area contributed by atoms with Crippen LogP contribution in [-0.2, 0) is 4.79 Å². The summed E-state index contributed by atoms with van der Waals surface area (Å²) in [6, 6.07) is 5.35. The monoisotopic (exact) mass is 219 g/mol. The van der Waals surface area contributed by atoms with Crippen LogP contribution in [0.1, 0.15) is 12.5 Å². The van der Waals surface area contributed by atoms with Gasteiger partial charge in [0.05, 0.1) is 5.69 Å². The van der Waals surface area contributed by atoms with Crippen molar-refractivity contribution < 1.29 is 4.79 Å². The minimum atomic E-state index is -0.102. The summed E-state index contributed by atoms with van der Waals surface area (Å²) < 4.78 is 0. The fraction of sp³-hybridized carbons (Fsp3) is 0.0833. The lowest BCUT2D eigenvalue weighted by molar-refractivity contribution is -0.110. The van der Waals surface area contributed by atoms with Crippen molar-refractivity contribution in [1.29, 1.82) is 0 Å². The van der Waals surface area contributed by atoms with Crippen LogP contribution in [0.25, 0.3) is 5.57 Å². The van der Waals surface area contributed by atoms with Gasteiger partial charge in [0.1, 0.15) is 0 Å². The molecule has 15 heavy (non-hydrogen) atoms. The molecule has 0 bridgehead atoms. The Kier molecular flexibility index (Phi) is 2.37. The predicted molar refractivity (Wildman–Crippen MR) is 62.9 cm³/mol. The quantitative estimate of drug-likeness (QED) is 0.722. The zero-order valence-corrected chi connectivity index (χ0v) is 9.06. The number of nitrogens with one attached hydrogen (secondary N) is 1. The first-order chi connectivity index (χ1) is 7.08. The van der Waals surface area contributed by atoms with Crippen LogP contribution in [0.3, 0.4) is 0 Å². The van der Waals surface area contributed by atoms with Crippen LogP contribution < -0.4 is 5.32 Å². The molecule has 1 aromatic rings. The maximum atomic E-state index is 11.6. The van der Waals surface area contributed by atoms with E-state index in [1.165, 1.54) is 0 Å². The Hall–Kier alpha value is -1.54. The normalized spacial score (nSPS) is 16.4. The molecule has 0 aromatic heterocycles. The van der Waals surface area contributed by atoms with E-state index in [4.69, 9.17) is 11.6 Å². The van der Waals surface area contributed by atoms with Crippen LogP contribution in [0.2, 0.25) is 5.02 Å². The molecule has 0 radical (unpaired) electrons. The molecule has 0 saturated heterocycles. The maximum Gasteiger partial charge on any atom is 0.256 e. The second-order valence-electron chi connectivity index (χ2n) is 3.55. The number of hydrogen-bond donors (Lipinski definition) is 1. The Labute approximate surface area is 93.3 Å². The van der Waals surface area contributed by atoms with Crippen molar-refractivity contribution >= 4 is 28.8 Å². The van der Waals surface area contributed by atoms with Crippen LogP contribution in [-0.4, -0.2) is 5.91 Å². The largest absolute Gasteiger partial charge is 0.321 e. The summed E-state index contributed by atoms with van der Waals surface area (Å²) in [6.45, 7) is 5.62. The Morgan fingerprint density at radius 1 is 1.53 bits per heavy atom. The van der Waals surface area contributed by atoms with Gasteiger partial charge < -0.3 is 5.32 Å². The van der Waals surface area contributed by atoms with Gasteiger partial charge in [-0.1, -0.05) is 29.8 Å². The number of benzene rings is 1. The van der Waals surface area contributed by atoms with Crippen LogP contribution in [0.4, 0.5) is 5.69 Å². The van der Waals surface area contributed by atoms with Crippen LogP contribution in [0, 0.1) is 0 Å². The number of fused-ring (bicyclic) bond motifs is 1. The standard InChI is InChI=1S/C12H10ClNO/c1-7(2)5-10-9-4-3-8(13)6-11(9)14-12(10)15/h3-6H,1H2,2H3,(H,14,15)/b10-5-. The summed E-state index contributed by atoms with van der Waals surface area (Å²) in [7, 11) is 0. The number of carbonyl (C=O) groups excluding carboxylic acids is 1. The summed E-state index contributed by atoms with van der Waals surface area (Å²) in [5.74, 6) is -0.102. The third-order valence-corrected chi connectivity index (χ3v) is 2.39. The molecule has 1 aliphatic rings. The number of hydrogen-bond acceptors (Lipinski definition) is 1. The molecule has 2 rings (SSSR count). The Bertz CT molecular complexity index is 488. The number of carbonyl (C=O) groups is 1. The molecule has 76 valence electrons. The van der Waals surface area contributed by atoms with Gasteiger partial charge in [0.15, 0.2) is 0 Å². The van der Waals surface area contributed by atoms with Gasteiger partial charge in [-0.05, 0) is 25.1 Å². The molecule has 1 heterocycles. The van der Waals surface area contributed by atoms with E-state index in [2.05, 4.69) is 11.9 Å². The maximum absolute atomic E-state index is 11.6. The molecular weight excluding hydrogens is 210 g/mol. The van der Waals surface area contributed by atoms with Gasteiger partial charge in [-0.15, -0.1) is 0 Å². The van der Waals surface area contributed by atoms with Crippen LogP contribution in [0.5, 0.6) is 0 Å². The van der Waals surface area contributed by atoms with Crippen molar-refractivity contribution in [3.05, 3.63) is 47.0 Å². The fourth-order valence-corrected chi connectivity index (χ4v) is 1.73. The van der Waals surface area contributed by atoms with E-state index in [1.807, 2.05) is 13.0 Å².